The van der Waals surface area contributed by atoms with Crippen molar-refractivity contribution >= 4 is 0 Å². The van der Waals surface area contributed by atoms with Crippen LogP contribution < -0.4 is 5.32 Å². The van der Waals surface area contributed by atoms with Gasteiger partial charge in [-0.2, -0.15) is 0 Å². The van der Waals surface area contributed by atoms with E-state index in [1.165, 1.54) is 38.9 Å². The standard InChI is InChI=1S/C15H34N2/c1-7-10-12-17(9-3)13-15(5,6)14(4)16-11-8-2/h14,16H,7-13H2,1-6H3. The molecule has 0 spiro atoms. The first kappa shape index (κ1) is 16.9. The minimum absolute atomic E-state index is 0.346. The van der Waals surface area contributed by atoms with Crippen molar-refractivity contribution in [3.63, 3.8) is 0 Å². The summed E-state index contributed by atoms with van der Waals surface area (Å²) in [5.74, 6) is 0. The normalized spacial score (nSPS) is 14.3. The third kappa shape index (κ3) is 7.05. The van der Waals surface area contributed by atoms with Crippen LogP contribution in [0.1, 0.15) is 60.8 Å². The number of nitrogens with one attached hydrogen (secondary N) is 1. The van der Waals surface area contributed by atoms with Crippen LogP contribution >= 0.6 is 0 Å². The zero-order valence-corrected chi connectivity index (χ0v) is 13.0. The molecule has 0 aromatic carbocycles. The summed E-state index contributed by atoms with van der Waals surface area (Å²) in [5.41, 5.74) is 0.346. The number of hydrogen-bond donors (Lipinski definition) is 1. The zero-order valence-electron chi connectivity index (χ0n) is 13.0. The van der Waals surface area contributed by atoms with Crippen molar-refractivity contribution in [3.8, 4) is 0 Å². The van der Waals surface area contributed by atoms with Crippen molar-refractivity contribution in [2.24, 2.45) is 5.41 Å². The minimum Gasteiger partial charge on any atom is -0.314 e. The van der Waals surface area contributed by atoms with E-state index in [1.807, 2.05) is 0 Å². The molecule has 0 radical (unpaired) electrons. The summed E-state index contributed by atoms with van der Waals surface area (Å²) in [6, 6.07) is 0.582. The lowest BCUT2D eigenvalue weighted by atomic mass is 9.84. The Balaban J connectivity index is 4.17. The van der Waals surface area contributed by atoms with Crippen molar-refractivity contribution in [1.29, 1.82) is 0 Å². The molecule has 0 amide bonds. The van der Waals surface area contributed by atoms with Crippen LogP contribution in [-0.4, -0.2) is 37.1 Å². The number of nitrogens with zero attached hydrogens (tertiary/aromatic N) is 1. The highest BCUT2D eigenvalue weighted by atomic mass is 15.1. The summed E-state index contributed by atoms with van der Waals surface area (Å²) in [5, 5.41) is 3.63. The molecule has 0 aliphatic carbocycles. The van der Waals surface area contributed by atoms with Gasteiger partial charge < -0.3 is 10.2 Å². The van der Waals surface area contributed by atoms with E-state index < -0.39 is 0 Å². The van der Waals surface area contributed by atoms with E-state index in [1.54, 1.807) is 0 Å². The van der Waals surface area contributed by atoms with Crippen molar-refractivity contribution in [2.75, 3.05) is 26.2 Å². The second kappa shape index (κ2) is 8.93. The van der Waals surface area contributed by atoms with Gasteiger partial charge in [0.05, 0.1) is 0 Å². The van der Waals surface area contributed by atoms with E-state index >= 15 is 0 Å². The van der Waals surface area contributed by atoms with E-state index in [-0.39, 0.29) is 0 Å². The maximum absolute atomic E-state index is 3.63. The molecule has 0 aromatic heterocycles. The summed E-state index contributed by atoms with van der Waals surface area (Å²) >= 11 is 0. The van der Waals surface area contributed by atoms with E-state index in [2.05, 4.69) is 51.8 Å². The van der Waals surface area contributed by atoms with E-state index in [0.29, 0.717) is 11.5 Å². The predicted octanol–water partition coefficient (Wildman–Crippen LogP) is 3.52. The molecule has 2 heteroatoms. The maximum atomic E-state index is 3.63. The molecule has 0 aliphatic heterocycles. The summed E-state index contributed by atoms with van der Waals surface area (Å²) < 4.78 is 0. The third-order valence-corrected chi connectivity index (χ3v) is 3.78. The molecule has 1 atom stereocenters. The van der Waals surface area contributed by atoms with Gasteiger partial charge >= 0.3 is 0 Å². The first-order valence-electron chi connectivity index (χ1n) is 7.43. The van der Waals surface area contributed by atoms with Crippen LogP contribution in [0.15, 0.2) is 0 Å². The van der Waals surface area contributed by atoms with Crippen molar-refractivity contribution in [3.05, 3.63) is 0 Å². The average molecular weight is 242 g/mol. The summed E-state index contributed by atoms with van der Waals surface area (Å²) in [6.45, 7) is 18.6. The first-order valence-corrected chi connectivity index (χ1v) is 7.43. The molecule has 0 fully saturated rings. The molecule has 1 unspecified atom stereocenters. The summed E-state index contributed by atoms with van der Waals surface area (Å²) in [7, 11) is 0. The van der Waals surface area contributed by atoms with E-state index in [4.69, 9.17) is 0 Å². The molecule has 0 bridgehead atoms. The lowest BCUT2D eigenvalue weighted by molar-refractivity contribution is 0.146. The summed E-state index contributed by atoms with van der Waals surface area (Å²) in [6.07, 6.45) is 3.83. The van der Waals surface area contributed by atoms with Gasteiger partial charge in [0, 0.05) is 12.6 Å². The van der Waals surface area contributed by atoms with Gasteiger partial charge in [0.15, 0.2) is 0 Å². The summed E-state index contributed by atoms with van der Waals surface area (Å²) in [4.78, 5) is 2.59. The second-order valence-corrected chi connectivity index (χ2v) is 5.89. The van der Waals surface area contributed by atoms with Crippen LogP contribution in [0, 0.1) is 5.41 Å². The minimum atomic E-state index is 0.346. The lowest BCUT2D eigenvalue weighted by Crippen LogP contribution is -2.47. The van der Waals surface area contributed by atoms with E-state index in [0.717, 1.165) is 6.54 Å². The second-order valence-electron chi connectivity index (χ2n) is 5.89. The third-order valence-electron chi connectivity index (χ3n) is 3.78. The molecule has 0 saturated carbocycles. The van der Waals surface area contributed by atoms with Crippen LogP contribution in [0.25, 0.3) is 0 Å². The Morgan fingerprint density at radius 2 is 1.76 bits per heavy atom. The number of rotatable bonds is 10. The smallest absolute Gasteiger partial charge is 0.0102 e. The molecule has 0 saturated heterocycles. The molecule has 2 nitrogen and oxygen atoms in total. The Labute approximate surface area is 109 Å². The maximum Gasteiger partial charge on any atom is 0.0102 e. The lowest BCUT2D eigenvalue weighted by Gasteiger charge is -2.37. The van der Waals surface area contributed by atoms with Crippen LogP contribution in [-0.2, 0) is 0 Å². The first-order chi connectivity index (χ1) is 7.97. The van der Waals surface area contributed by atoms with Crippen LogP contribution in [0.2, 0.25) is 0 Å². The molecule has 0 aliphatic rings. The Kier molecular flexibility index (Phi) is 8.89. The van der Waals surface area contributed by atoms with Crippen LogP contribution in [0.3, 0.4) is 0 Å². The molecule has 0 heterocycles. The van der Waals surface area contributed by atoms with E-state index in [9.17, 15) is 0 Å². The Hall–Kier alpha value is -0.0800. The van der Waals surface area contributed by atoms with Gasteiger partial charge in [0.1, 0.15) is 0 Å². The fourth-order valence-electron chi connectivity index (χ4n) is 2.08. The van der Waals surface area contributed by atoms with Gasteiger partial charge in [-0.05, 0) is 44.8 Å². The topological polar surface area (TPSA) is 15.3 Å². The van der Waals surface area contributed by atoms with Gasteiger partial charge in [-0.15, -0.1) is 0 Å². The zero-order chi connectivity index (χ0) is 13.3. The Morgan fingerprint density at radius 3 is 2.24 bits per heavy atom. The highest BCUT2D eigenvalue weighted by molar-refractivity contribution is 4.83. The SMILES string of the molecule is CCCCN(CC)CC(C)(C)C(C)NCCC. The van der Waals surface area contributed by atoms with Crippen LogP contribution in [0.4, 0.5) is 0 Å². The highest BCUT2D eigenvalue weighted by Gasteiger charge is 2.27. The number of unbranched alkanes of at least 4 members (excludes halogenated alkanes) is 1. The van der Waals surface area contributed by atoms with Gasteiger partial charge in [-0.3, -0.25) is 0 Å². The Morgan fingerprint density at radius 1 is 1.12 bits per heavy atom. The van der Waals surface area contributed by atoms with Crippen molar-refractivity contribution in [1.82, 2.24) is 10.2 Å². The van der Waals surface area contributed by atoms with Crippen molar-refractivity contribution < 1.29 is 0 Å². The van der Waals surface area contributed by atoms with Gasteiger partial charge in [0.2, 0.25) is 0 Å². The molecule has 0 aromatic rings. The average Bonchev–Trinajstić information content (AvgIpc) is 2.31. The molecule has 17 heavy (non-hydrogen) atoms. The fourth-order valence-corrected chi connectivity index (χ4v) is 2.08. The van der Waals surface area contributed by atoms with Crippen LogP contribution in [0.5, 0.6) is 0 Å². The molecule has 1 N–H and O–H groups in total. The predicted molar refractivity (Wildman–Crippen MR) is 78.6 cm³/mol. The quantitative estimate of drug-likeness (QED) is 0.630. The molecular formula is C15H34N2. The molecular weight excluding hydrogens is 208 g/mol. The fraction of sp³-hybridized carbons (Fsp3) is 1.00. The Bertz CT molecular complexity index is 178. The van der Waals surface area contributed by atoms with Gasteiger partial charge in [-0.25, -0.2) is 0 Å². The number of hydrogen-bond acceptors (Lipinski definition) is 2. The molecule has 0 rings (SSSR count). The van der Waals surface area contributed by atoms with Gasteiger partial charge in [-0.1, -0.05) is 41.0 Å². The molecule has 104 valence electrons. The van der Waals surface area contributed by atoms with Crippen molar-refractivity contribution in [2.45, 2.75) is 66.8 Å². The van der Waals surface area contributed by atoms with Gasteiger partial charge in [0.25, 0.3) is 0 Å². The largest absolute Gasteiger partial charge is 0.314 e. The monoisotopic (exact) mass is 242 g/mol. The highest BCUT2D eigenvalue weighted by Crippen LogP contribution is 2.22.